The molecule has 2 rings (SSSR count). The first kappa shape index (κ1) is 12.2. The lowest BCUT2D eigenvalue weighted by molar-refractivity contribution is 0.0697. The lowest BCUT2D eigenvalue weighted by Gasteiger charge is -2.11. The van der Waals surface area contributed by atoms with Crippen LogP contribution in [0.4, 0.5) is 5.69 Å². The highest BCUT2D eigenvalue weighted by atomic mass is 16.4. The summed E-state index contributed by atoms with van der Waals surface area (Å²) in [4.78, 5) is 11.0. The molecule has 0 bridgehead atoms. The molecule has 0 spiro atoms. The van der Waals surface area contributed by atoms with Gasteiger partial charge in [0.25, 0.3) is 0 Å². The fraction of sp³-hybridized carbons (Fsp3) is 0.133. The number of nitrogen functional groups attached to an aromatic ring is 1. The van der Waals surface area contributed by atoms with Gasteiger partial charge >= 0.3 is 5.97 Å². The zero-order valence-electron chi connectivity index (χ0n) is 10.4. The van der Waals surface area contributed by atoms with Crippen LogP contribution in [-0.2, 0) is 0 Å². The molecule has 0 atom stereocenters. The summed E-state index contributed by atoms with van der Waals surface area (Å²) in [5.74, 6) is -0.943. The first-order valence-corrected chi connectivity index (χ1v) is 5.69. The monoisotopic (exact) mass is 241 g/mol. The summed E-state index contributed by atoms with van der Waals surface area (Å²) in [5.41, 5.74) is 10.7. The van der Waals surface area contributed by atoms with E-state index in [0.717, 1.165) is 22.3 Å². The molecular formula is C15H15NO2. The van der Waals surface area contributed by atoms with Crippen molar-refractivity contribution in [2.75, 3.05) is 5.73 Å². The quantitative estimate of drug-likeness (QED) is 0.793. The van der Waals surface area contributed by atoms with Gasteiger partial charge in [0.1, 0.15) is 0 Å². The molecule has 92 valence electrons. The second-order valence-electron chi connectivity index (χ2n) is 4.43. The van der Waals surface area contributed by atoms with Gasteiger partial charge in [-0.3, -0.25) is 0 Å². The van der Waals surface area contributed by atoms with E-state index < -0.39 is 5.97 Å². The van der Waals surface area contributed by atoms with E-state index in [1.165, 1.54) is 6.07 Å². The zero-order valence-corrected chi connectivity index (χ0v) is 10.4. The second kappa shape index (κ2) is 4.53. The zero-order chi connectivity index (χ0) is 13.3. The second-order valence-corrected chi connectivity index (χ2v) is 4.43. The molecule has 3 N–H and O–H groups in total. The highest BCUT2D eigenvalue weighted by Crippen LogP contribution is 2.30. The van der Waals surface area contributed by atoms with Gasteiger partial charge in [-0.25, -0.2) is 4.79 Å². The molecule has 0 fully saturated rings. The highest BCUT2D eigenvalue weighted by molar-refractivity contribution is 5.92. The fourth-order valence-electron chi connectivity index (χ4n) is 1.95. The van der Waals surface area contributed by atoms with Crippen molar-refractivity contribution in [1.82, 2.24) is 0 Å². The molecule has 18 heavy (non-hydrogen) atoms. The minimum Gasteiger partial charge on any atom is -0.478 e. The third kappa shape index (κ3) is 2.20. The lowest BCUT2D eigenvalue weighted by Crippen LogP contribution is -1.99. The topological polar surface area (TPSA) is 63.3 Å². The summed E-state index contributed by atoms with van der Waals surface area (Å²) in [5, 5.41) is 9.03. The summed E-state index contributed by atoms with van der Waals surface area (Å²) >= 11 is 0. The van der Waals surface area contributed by atoms with E-state index in [1.54, 1.807) is 12.1 Å². The largest absolute Gasteiger partial charge is 0.478 e. The van der Waals surface area contributed by atoms with E-state index in [1.807, 2.05) is 32.0 Å². The molecule has 2 aromatic rings. The van der Waals surface area contributed by atoms with Crippen LogP contribution in [0.5, 0.6) is 0 Å². The summed E-state index contributed by atoms with van der Waals surface area (Å²) in [6.45, 7) is 3.99. The Morgan fingerprint density at radius 3 is 2.44 bits per heavy atom. The van der Waals surface area contributed by atoms with Crippen LogP contribution in [0.1, 0.15) is 21.5 Å². The highest BCUT2D eigenvalue weighted by Gasteiger charge is 2.10. The molecule has 0 amide bonds. The Kier molecular flexibility index (Phi) is 3.06. The Balaban J connectivity index is 2.66. The van der Waals surface area contributed by atoms with E-state index >= 15 is 0 Å². The number of nitrogens with two attached hydrogens (primary N) is 1. The molecule has 0 unspecified atom stereocenters. The van der Waals surface area contributed by atoms with Crippen molar-refractivity contribution in [2.45, 2.75) is 13.8 Å². The normalized spacial score (nSPS) is 10.3. The van der Waals surface area contributed by atoms with Crippen molar-refractivity contribution in [1.29, 1.82) is 0 Å². The van der Waals surface area contributed by atoms with Gasteiger partial charge in [0, 0.05) is 11.3 Å². The van der Waals surface area contributed by atoms with Gasteiger partial charge in [-0.2, -0.15) is 0 Å². The van der Waals surface area contributed by atoms with Crippen molar-refractivity contribution in [3.63, 3.8) is 0 Å². The van der Waals surface area contributed by atoms with Crippen molar-refractivity contribution < 1.29 is 9.90 Å². The van der Waals surface area contributed by atoms with Gasteiger partial charge < -0.3 is 10.8 Å². The van der Waals surface area contributed by atoms with Crippen LogP contribution in [0.15, 0.2) is 36.4 Å². The number of carboxylic acid groups (broad SMARTS) is 1. The van der Waals surface area contributed by atoms with Gasteiger partial charge in [-0.1, -0.05) is 23.8 Å². The molecule has 0 heterocycles. The fourth-order valence-corrected chi connectivity index (χ4v) is 1.95. The molecule has 0 saturated heterocycles. The third-order valence-electron chi connectivity index (χ3n) is 2.98. The summed E-state index contributed by atoms with van der Waals surface area (Å²) in [6.07, 6.45) is 0. The maximum atomic E-state index is 11.0. The predicted molar refractivity (Wildman–Crippen MR) is 72.7 cm³/mol. The Bertz CT molecular complexity index is 618. The summed E-state index contributed by atoms with van der Waals surface area (Å²) < 4.78 is 0. The standard InChI is InChI=1S/C15H15NO2/c1-9-3-4-10(2)12(7-9)13-8-11(15(17)18)5-6-14(13)16/h3-8H,16H2,1-2H3,(H,17,18). The number of carbonyl (C=O) groups is 1. The number of benzene rings is 2. The van der Waals surface area contributed by atoms with Gasteiger partial charge in [-0.05, 0) is 43.2 Å². The van der Waals surface area contributed by atoms with Gasteiger partial charge in [-0.15, -0.1) is 0 Å². The number of aromatic carboxylic acids is 1. The molecule has 0 radical (unpaired) electrons. The van der Waals surface area contributed by atoms with Crippen LogP contribution < -0.4 is 5.73 Å². The Hall–Kier alpha value is -2.29. The summed E-state index contributed by atoms with van der Waals surface area (Å²) in [6, 6.07) is 10.8. The van der Waals surface area contributed by atoms with E-state index in [2.05, 4.69) is 0 Å². The Morgan fingerprint density at radius 1 is 1.06 bits per heavy atom. The molecule has 0 aliphatic heterocycles. The number of rotatable bonds is 2. The number of aryl methyl sites for hydroxylation is 2. The third-order valence-corrected chi connectivity index (χ3v) is 2.98. The predicted octanol–water partition coefficient (Wildman–Crippen LogP) is 3.25. The first-order chi connectivity index (χ1) is 8.49. The van der Waals surface area contributed by atoms with E-state index in [4.69, 9.17) is 10.8 Å². The number of hydrogen-bond acceptors (Lipinski definition) is 2. The Morgan fingerprint density at radius 2 is 1.78 bits per heavy atom. The SMILES string of the molecule is Cc1ccc(C)c(-c2cc(C(=O)O)ccc2N)c1. The minimum absolute atomic E-state index is 0.250. The average molecular weight is 241 g/mol. The van der Waals surface area contributed by atoms with Crippen molar-refractivity contribution >= 4 is 11.7 Å². The van der Waals surface area contributed by atoms with E-state index in [-0.39, 0.29) is 5.56 Å². The van der Waals surface area contributed by atoms with Gasteiger partial charge in [0.2, 0.25) is 0 Å². The van der Waals surface area contributed by atoms with Gasteiger partial charge in [0.15, 0.2) is 0 Å². The van der Waals surface area contributed by atoms with Crippen molar-refractivity contribution in [2.24, 2.45) is 0 Å². The Labute approximate surface area is 106 Å². The molecule has 3 heteroatoms. The molecule has 2 aromatic carbocycles. The van der Waals surface area contributed by atoms with Crippen LogP contribution >= 0.6 is 0 Å². The first-order valence-electron chi connectivity index (χ1n) is 5.69. The molecule has 0 aromatic heterocycles. The van der Waals surface area contributed by atoms with Crippen LogP contribution in [0.2, 0.25) is 0 Å². The number of carboxylic acids is 1. The lowest BCUT2D eigenvalue weighted by atomic mass is 9.95. The van der Waals surface area contributed by atoms with Crippen LogP contribution in [-0.4, -0.2) is 11.1 Å². The molecule has 0 aliphatic carbocycles. The number of hydrogen-bond donors (Lipinski definition) is 2. The van der Waals surface area contributed by atoms with Gasteiger partial charge in [0.05, 0.1) is 5.56 Å². The van der Waals surface area contributed by atoms with Crippen LogP contribution in [0.25, 0.3) is 11.1 Å². The maximum Gasteiger partial charge on any atom is 0.335 e. The molecular weight excluding hydrogens is 226 g/mol. The van der Waals surface area contributed by atoms with E-state index in [9.17, 15) is 4.79 Å². The minimum atomic E-state index is -0.943. The summed E-state index contributed by atoms with van der Waals surface area (Å²) in [7, 11) is 0. The molecule has 0 aliphatic rings. The van der Waals surface area contributed by atoms with Crippen molar-refractivity contribution in [3.05, 3.63) is 53.1 Å². The van der Waals surface area contributed by atoms with Crippen LogP contribution in [0.3, 0.4) is 0 Å². The van der Waals surface area contributed by atoms with Crippen molar-refractivity contribution in [3.8, 4) is 11.1 Å². The number of anilines is 1. The molecule has 3 nitrogen and oxygen atoms in total. The van der Waals surface area contributed by atoms with E-state index in [0.29, 0.717) is 5.69 Å². The smallest absolute Gasteiger partial charge is 0.335 e. The van der Waals surface area contributed by atoms with Crippen LogP contribution in [0, 0.1) is 13.8 Å². The average Bonchev–Trinajstić information content (AvgIpc) is 2.33. The maximum absolute atomic E-state index is 11.0. The molecule has 0 saturated carbocycles.